The molecule has 0 amide bonds. The monoisotopic (exact) mass is 230 g/mol. The van der Waals surface area contributed by atoms with Crippen LogP contribution in [-0.2, 0) is 4.74 Å². The molecule has 0 aliphatic heterocycles. The Morgan fingerprint density at radius 2 is 1.65 bits per heavy atom. The van der Waals surface area contributed by atoms with Crippen molar-refractivity contribution in [2.75, 3.05) is 7.11 Å². The third kappa shape index (κ3) is 3.12. The van der Waals surface area contributed by atoms with Gasteiger partial charge in [-0.2, -0.15) is 0 Å². The molecule has 1 saturated carbocycles. The van der Waals surface area contributed by atoms with E-state index in [4.69, 9.17) is 4.74 Å². The van der Waals surface area contributed by atoms with Crippen LogP contribution < -0.4 is 0 Å². The zero-order chi connectivity index (χ0) is 12.3. The molecule has 0 bridgehead atoms. The summed E-state index contributed by atoms with van der Waals surface area (Å²) in [4.78, 5) is 0. The van der Waals surface area contributed by atoms with Gasteiger partial charge in [0.2, 0.25) is 0 Å². The number of benzene rings is 1. The Bertz CT molecular complexity index is 387. The maximum absolute atomic E-state index is 5.10. The molecule has 1 aromatic carbocycles. The molecule has 17 heavy (non-hydrogen) atoms. The summed E-state index contributed by atoms with van der Waals surface area (Å²) >= 11 is 0. The molecule has 1 fully saturated rings. The molecule has 0 aromatic heterocycles. The minimum atomic E-state index is 0.739. The van der Waals surface area contributed by atoms with Crippen molar-refractivity contribution >= 4 is 0 Å². The summed E-state index contributed by atoms with van der Waals surface area (Å²) < 4.78 is 5.10. The van der Waals surface area contributed by atoms with Crippen LogP contribution in [0, 0.1) is 13.8 Å². The Morgan fingerprint density at radius 1 is 1.06 bits per heavy atom. The first-order chi connectivity index (χ1) is 8.19. The van der Waals surface area contributed by atoms with Gasteiger partial charge in [0, 0.05) is 0 Å². The van der Waals surface area contributed by atoms with Gasteiger partial charge in [0.05, 0.1) is 13.4 Å². The minimum absolute atomic E-state index is 0.739. The molecular weight excluding hydrogens is 208 g/mol. The van der Waals surface area contributed by atoms with Crippen LogP contribution in [-0.4, -0.2) is 7.11 Å². The number of hydrogen-bond acceptors (Lipinski definition) is 1. The van der Waals surface area contributed by atoms with Gasteiger partial charge in [0.25, 0.3) is 0 Å². The fourth-order valence-electron chi connectivity index (χ4n) is 2.85. The van der Waals surface area contributed by atoms with E-state index in [-0.39, 0.29) is 0 Å². The molecule has 1 aromatic rings. The first-order valence-corrected chi connectivity index (χ1v) is 6.48. The van der Waals surface area contributed by atoms with Gasteiger partial charge >= 0.3 is 0 Å². The van der Waals surface area contributed by atoms with Crippen molar-refractivity contribution in [1.29, 1.82) is 0 Å². The number of aryl methyl sites for hydroxylation is 2. The summed E-state index contributed by atoms with van der Waals surface area (Å²) in [6.45, 7) is 4.38. The molecule has 0 spiro atoms. The fraction of sp³-hybridized carbons (Fsp3) is 0.500. The molecule has 0 radical (unpaired) electrons. The van der Waals surface area contributed by atoms with Gasteiger partial charge in [-0.3, -0.25) is 0 Å². The zero-order valence-corrected chi connectivity index (χ0v) is 11.1. The molecule has 1 nitrogen and oxygen atoms in total. The van der Waals surface area contributed by atoms with E-state index in [2.05, 4.69) is 32.0 Å². The molecule has 0 saturated heterocycles. The second-order valence-electron chi connectivity index (χ2n) is 5.21. The Labute approximate surface area is 104 Å². The summed E-state index contributed by atoms with van der Waals surface area (Å²) in [5.41, 5.74) is 5.77. The average molecular weight is 230 g/mol. The van der Waals surface area contributed by atoms with Gasteiger partial charge in [-0.1, -0.05) is 29.3 Å². The van der Waals surface area contributed by atoms with Crippen LogP contribution >= 0.6 is 0 Å². The number of rotatable bonds is 2. The van der Waals surface area contributed by atoms with Gasteiger partial charge in [-0.15, -0.1) is 0 Å². The lowest BCUT2D eigenvalue weighted by Gasteiger charge is -2.24. The normalized spacial score (nSPS) is 20.2. The zero-order valence-electron chi connectivity index (χ0n) is 11.1. The second-order valence-corrected chi connectivity index (χ2v) is 5.21. The highest BCUT2D eigenvalue weighted by Crippen LogP contribution is 2.35. The Morgan fingerprint density at radius 3 is 2.18 bits per heavy atom. The molecule has 1 aliphatic rings. The lowest BCUT2D eigenvalue weighted by Crippen LogP contribution is -2.07. The van der Waals surface area contributed by atoms with E-state index in [0.29, 0.717) is 0 Å². The Kier molecular flexibility index (Phi) is 3.88. The first-order valence-electron chi connectivity index (χ1n) is 6.48. The van der Waals surface area contributed by atoms with Crippen LogP contribution in [0.4, 0.5) is 0 Å². The van der Waals surface area contributed by atoms with Crippen LogP contribution in [0.3, 0.4) is 0 Å². The van der Waals surface area contributed by atoms with E-state index in [1.165, 1.54) is 47.9 Å². The van der Waals surface area contributed by atoms with Crippen LogP contribution in [0.1, 0.15) is 48.3 Å². The summed E-state index contributed by atoms with van der Waals surface area (Å²) in [6.07, 6.45) is 6.82. The van der Waals surface area contributed by atoms with E-state index in [9.17, 15) is 0 Å². The first kappa shape index (κ1) is 12.2. The van der Waals surface area contributed by atoms with E-state index in [1.54, 1.807) is 7.11 Å². The average Bonchev–Trinajstić information content (AvgIpc) is 2.29. The smallest absolute Gasteiger partial charge is 0.0816 e. The highest BCUT2D eigenvalue weighted by molar-refractivity contribution is 5.31. The Balaban J connectivity index is 2.07. The van der Waals surface area contributed by atoms with Crippen LogP contribution in [0.5, 0.6) is 0 Å². The summed E-state index contributed by atoms with van der Waals surface area (Å²) in [5, 5.41) is 0. The van der Waals surface area contributed by atoms with Crippen LogP contribution in [0.25, 0.3) is 0 Å². The number of hydrogen-bond donors (Lipinski definition) is 0. The quantitative estimate of drug-likeness (QED) is 0.680. The van der Waals surface area contributed by atoms with E-state index in [0.717, 1.165) is 5.92 Å². The second kappa shape index (κ2) is 5.39. The lowest BCUT2D eigenvalue weighted by atomic mass is 9.81. The van der Waals surface area contributed by atoms with Crippen molar-refractivity contribution in [2.24, 2.45) is 0 Å². The fourth-order valence-corrected chi connectivity index (χ4v) is 2.85. The predicted octanol–water partition coefficient (Wildman–Crippen LogP) is 4.49. The number of ether oxygens (including phenoxy) is 1. The molecule has 0 atom stereocenters. The van der Waals surface area contributed by atoms with Crippen LogP contribution in [0.2, 0.25) is 0 Å². The summed E-state index contributed by atoms with van der Waals surface area (Å²) in [7, 11) is 1.74. The highest BCUT2D eigenvalue weighted by atomic mass is 16.5. The molecule has 92 valence electrons. The standard InChI is InChI=1S/C16H22O/c1-12-8-13(2)10-16(9-12)15-6-4-14(5-7-15)11-17-3/h8-11,15H,4-7H2,1-3H3. The van der Waals surface area contributed by atoms with E-state index < -0.39 is 0 Å². The van der Waals surface area contributed by atoms with E-state index in [1.807, 2.05) is 6.26 Å². The molecule has 1 aliphatic carbocycles. The molecule has 0 N–H and O–H groups in total. The van der Waals surface area contributed by atoms with Gasteiger partial charge < -0.3 is 4.74 Å². The van der Waals surface area contributed by atoms with Crippen molar-refractivity contribution in [3.8, 4) is 0 Å². The lowest BCUT2D eigenvalue weighted by molar-refractivity contribution is 0.326. The van der Waals surface area contributed by atoms with Crippen molar-refractivity contribution in [3.63, 3.8) is 0 Å². The van der Waals surface area contributed by atoms with Crippen molar-refractivity contribution in [3.05, 3.63) is 46.7 Å². The van der Waals surface area contributed by atoms with Gasteiger partial charge in [-0.25, -0.2) is 0 Å². The van der Waals surface area contributed by atoms with Crippen LogP contribution in [0.15, 0.2) is 30.0 Å². The van der Waals surface area contributed by atoms with Crippen molar-refractivity contribution < 1.29 is 4.74 Å². The minimum Gasteiger partial charge on any atom is -0.504 e. The van der Waals surface area contributed by atoms with Crippen molar-refractivity contribution in [1.82, 2.24) is 0 Å². The Hall–Kier alpha value is -1.24. The SMILES string of the molecule is COC=C1CCC(c2cc(C)cc(C)c2)CC1. The van der Waals surface area contributed by atoms with Gasteiger partial charge in [-0.05, 0) is 56.6 Å². The maximum atomic E-state index is 5.10. The highest BCUT2D eigenvalue weighted by Gasteiger charge is 2.18. The molecular formula is C16H22O. The van der Waals surface area contributed by atoms with E-state index >= 15 is 0 Å². The van der Waals surface area contributed by atoms with Crippen molar-refractivity contribution in [2.45, 2.75) is 45.4 Å². The summed E-state index contributed by atoms with van der Waals surface area (Å²) in [6, 6.07) is 6.95. The third-order valence-electron chi connectivity index (χ3n) is 3.63. The summed E-state index contributed by atoms with van der Waals surface area (Å²) in [5.74, 6) is 0.739. The molecule has 2 rings (SSSR count). The van der Waals surface area contributed by atoms with Gasteiger partial charge in [0.15, 0.2) is 0 Å². The molecule has 1 heteroatoms. The molecule has 0 unspecified atom stereocenters. The number of allylic oxidation sites excluding steroid dienone is 1. The maximum Gasteiger partial charge on any atom is 0.0816 e. The molecule has 0 heterocycles. The third-order valence-corrected chi connectivity index (χ3v) is 3.63. The van der Waals surface area contributed by atoms with Gasteiger partial charge in [0.1, 0.15) is 0 Å². The predicted molar refractivity (Wildman–Crippen MR) is 72.2 cm³/mol. The topological polar surface area (TPSA) is 9.23 Å². The largest absolute Gasteiger partial charge is 0.504 e. The number of methoxy groups -OCH3 is 1.